The number of carboxylic acids is 1. The Morgan fingerprint density at radius 2 is 1.81 bits per heavy atom. The van der Waals surface area contributed by atoms with Gasteiger partial charge in [-0.1, -0.05) is 0 Å². The number of anilines is 1. The quantitative estimate of drug-likeness (QED) is 0.442. The van der Waals surface area contributed by atoms with E-state index in [0.29, 0.717) is 32.6 Å². The second-order valence-electron chi connectivity index (χ2n) is 5.25. The first-order chi connectivity index (χ1) is 12.8. The zero-order valence-electron chi connectivity index (χ0n) is 14.1. The molecule has 0 aliphatic rings. The molecule has 0 aliphatic carbocycles. The number of aromatic carboxylic acids is 1. The third-order valence-corrected chi connectivity index (χ3v) is 4.55. The van der Waals surface area contributed by atoms with Gasteiger partial charge in [0.15, 0.2) is 0 Å². The molecule has 0 atom stereocenters. The number of hydrogen-bond acceptors (Lipinski definition) is 4. The zero-order valence-corrected chi connectivity index (χ0v) is 17.3. The number of carbonyl (C=O) groups is 2. The number of rotatable bonds is 6. The summed E-state index contributed by atoms with van der Waals surface area (Å²) in [4.78, 5) is 23.2. The molecule has 1 amide bonds. The summed E-state index contributed by atoms with van der Waals surface area (Å²) >= 11 is 6.81. The summed E-state index contributed by atoms with van der Waals surface area (Å²) < 4.78 is 6.88. The number of nitrogens with zero attached hydrogens (tertiary/aromatic N) is 1. The standard InChI is InChI=1S/C19H14Br2N2O4/c1-2-27-17-15(20)8-11(9-16(17)21)7-13(10-22)18(24)23-14-5-3-12(4-6-14)19(25)26/h3-9H,2H2,1H3,(H,23,24)(H,25,26)/b13-7+. The van der Waals surface area contributed by atoms with Crippen molar-refractivity contribution in [1.29, 1.82) is 5.26 Å². The lowest BCUT2D eigenvalue weighted by molar-refractivity contribution is -0.112. The lowest BCUT2D eigenvalue weighted by Gasteiger charge is -2.10. The topological polar surface area (TPSA) is 99.4 Å². The Bertz CT molecular complexity index is 924. The Labute approximate surface area is 172 Å². The lowest BCUT2D eigenvalue weighted by Crippen LogP contribution is -2.13. The van der Waals surface area contributed by atoms with Crippen molar-refractivity contribution in [2.75, 3.05) is 11.9 Å². The van der Waals surface area contributed by atoms with Crippen LogP contribution in [0, 0.1) is 11.3 Å². The summed E-state index contributed by atoms with van der Waals surface area (Å²) in [5, 5.41) is 20.8. The molecule has 0 saturated heterocycles. The van der Waals surface area contributed by atoms with Crippen molar-refractivity contribution in [2.45, 2.75) is 6.92 Å². The van der Waals surface area contributed by atoms with Crippen LogP contribution in [0.25, 0.3) is 6.08 Å². The Morgan fingerprint density at radius 3 is 2.30 bits per heavy atom. The van der Waals surface area contributed by atoms with Crippen LogP contribution in [0.5, 0.6) is 5.75 Å². The van der Waals surface area contributed by atoms with Crippen LogP contribution in [0.3, 0.4) is 0 Å². The average molecular weight is 494 g/mol. The Balaban J connectivity index is 2.24. The highest BCUT2D eigenvalue weighted by Crippen LogP contribution is 2.35. The van der Waals surface area contributed by atoms with Crippen LogP contribution in [0.4, 0.5) is 5.69 Å². The number of halogens is 2. The van der Waals surface area contributed by atoms with E-state index >= 15 is 0 Å². The van der Waals surface area contributed by atoms with Crippen molar-refractivity contribution >= 4 is 55.5 Å². The Hall–Kier alpha value is -2.63. The van der Waals surface area contributed by atoms with Gasteiger partial charge in [-0.3, -0.25) is 4.79 Å². The van der Waals surface area contributed by atoms with E-state index in [-0.39, 0.29) is 11.1 Å². The minimum atomic E-state index is -1.06. The number of nitriles is 1. The molecular formula is C19H14Br2N2O4. The summed E-state index contributed by atoms with van der Waals surface area (Å²) in [6.45, 7) is 2.37. The molecule has 0 unspecified atom stereocenters. The van der Waals surface area contributed by atoms with Gasteiger partial charge < -0.3 is 15.2 Å². The number of benzene rings is 2. The van der Waals surface area contributed by atoms with E-state index in [1.54, 1.807) is 12.1 Å². The monoisotopic (exact) mass is 492 g/mol. The van der Waals surface area contributed by atoms with Gasteiger partial charge in [0, 0.05) is 5.69 Å². The minimum absolute atomic E-state index is 0.0970. The van der Waals surface area contributed by atoms with Gasteiger partial charge in [0.25, 0.3) is 5.91 Å². The molecule has 27 heavy (non-hydrogen) atoms. The molecule has 2 aromatic rings. The first kappa shape index (κ1) is 20.7. The summed E-state index contributed by atoms with van der Waals surface area (Å²) in [6.07, 6.45) is 1.45. The van der Waals surface area contributed by atoms with Gasteiger partial charge in [-0.05, 0) is 86.8 Å². The fourth-order valence-electron chi connectivity index (χ4n) is 2.15. The third-order valence-electron chi connectivity index (χ3n) is 3.38. The van der Waals surface area contributed by atoms with Gasteiger partial charge in [-0.25, -0.2) is 4.79 Å². The van der Waals surface area contributed by atoms with Crippen LogP contribution in [0.2, 0.25) is 0 Å². The molecule has 2 N–H and O–H groups in total. The number of amides is 1. The third kappa shape index (κ3) is 5.42. The fraction of sp³-hybridized carbons (Fsp3) is 0.105. The molecule has 0 saturated carbocycles. The van der Waals surface area contributed by atoms with E-state index in [1.165, 1.54) is 30.3 Å². The van der Waals surface area contributed by atoms with Gasteiger partial charge in [-0.15, -0.1) is 0 Å². The highest BCUT2D eigenvalue weighted by Gasteiger charge is 2.13. The number of carboxylic acid groups (broad SMARTS) is 1. The Kier molecular flexibility index (Phi) is 7.16. The first-order valence-electron chi connectivity index (χ1n) is 7.74. The predicted octanol–water partition coefficient (Wildman–Crippen LogP) is 4.85. The maximum Gasteiger partial charge on any atom is 0.335 e. The van der Waals surface area contributed by atoms with Gasteiger partial charge >= 0.3 is 5.97 Å². The molecule has 0 fully saturated rings. The molecule has 0 heterocycles. The molecule has 0 spiro atoms. The normalized spacial score (nSPS) is 10.8. The highest BCUT2D eigenvalue weighted by molar-refractivity contribution is 9.11. The van der Waals surface area contributed by atoms with Crippen LogP contribution in [0.15, 0.2) is 50.9 Å². The molecular weight excluding hydrogens is 480 g/mol. The fourth-order valence-corrected chi connectivity index (χ4v) is 3.61. The summed E-state index contributed by atoms with van der Waals surface area (Å²) in [6, 6.07) is 11.0. The molecule has 0 aliphatic heterocycles. The van der Waals surface area contributed by atoms with E-state index < -0.39 is 11.9 Å². The van der Waals surface area contributed by atoms with Gasteiger partial charge in [0.1, 0.15) is 17.4 Å². The van der Waals surface area contributed by atoms with Crippen molar-refractivity contribution < 1.29 is 19.4 Å². The van der Waals surface area contributed by atoms with E-state index in [9.17, 15) is 14.9 Å². The first-order valence-corrected chi connectivity index (χ1v) is 9.32. The molecule has 8 heteroatoms. The average Bonchev–Trinajstić information content (AvgIpc) is 2.63. The Morgan fingerprint density at radius 1 is 1.22 bits per heavy atom. The molecule has 2 aromatic carbocycles. The van der Waals surface area contributed by atoms with Crippen molar-refractivity contribution in [3.8, 4) is 11.8 Å². The van der Waals surface area contributed by atoms with Gasteiger partial charge in [0.05, 0.1) is 21.1 Å². The van der Waals surface area contributed by atoms with E-state index in [0.717, 1.165) is 0 Å². The number of hydrogen-bond donors (Lipinski definition) is 2. The van der Waals surface area contributed by atoms with Crippen LogP contribution >= 0.6 is 31.9 Å². The maximum absolute atomic E-state index is 12.3. The van der Waals surface area contributed by atoms with E-state index in [2.05, 4.69) is 37.2 Å². The van der Waals surface area contributed by atoms with Crippen LogP contribution < -0.4 is 10.1 Å². The molecule has 2 rings (SSSR count). The second kappa shape index (κ2) is 9.35. The number of nitrogens with one attached hydrogen (secondary N) is 1. The van der Waals surface area contributed by atoms with Crippen LogP contribution in [-0.4, -0.2) is 23.6 Å². The van der Waals surface area contributed by atoms with E-state index in [1.807, 2.05) is 13.0 Å². The SMILES string of the molecule is CCOc1c(Br)cc(/C=C(\C#N)C(=O)Nc2ccc(C(=O)O)cc2)cc1Br. The largest absolute Gasteiger partial charge is 0.492 e. The van der Waals surface area contributed by atoms with Gasteiger partial charge in [0.2, 0.25) is 0 Å². The molecule has 138 valence electrons. The maximum atomic E-state index is 12.3. The highest BCUT2D eigenvalue weighted by atomic mass is 79.9. The minimum Gasteiger partial charge on any atom is -0.492 e. The molecule has 0 radical (unpaired) electrons. The summed E-state index contributed by atoms with van der Waals surface area (Å²) in [5.74, 6) is -1.02. The second-order valence-corrected chi connectivity index (χ2v) is 6.96. The zero-order chi connectivity index (χ0) is 20.0. The van der Waals surface area contributed by atoms with Crippen molar-refractivity contribution in [2.24, 2.45) is 0 Å². The van der Waals surface area contributed by atoms with Crippen molar-refractivity contribution in [1.82, 2.24) is 0 Å². The summed E-state index contributed by atoms with van der Waals surface area (Å²) in [7, 11) is 0. The molecule has 0 bridgehead atoms. The number of carbonyl (C=O) groups excluding carboxylic acids is 1. The van der Waals surface area contributed by atoms with Crippen molar-refractivity contribution in [3.63, 3.8) is 0 Å². The molecule has 6 nitrogen and oxygen atoms in total. The van der Waals surface area contributed by atoms with Gasteiger partial charge in [-0.2, -0.15) is 5.26 Å². The van der Waals surface area contributed by atoms with Crippen LogP contribution in [0.1, 0.15) is 22.8 Å². The van der Waals surface area contributed by atoms with Crippen molar-refractivity contribution in [3.05, 3.63) is 62.0 Å². The number of ether oxygens (including phenoxy) is 1. The van der Waals surface area contributed by atoms with E-state index in [4.69, 9.17) is 9.84 Å². The summed E-state index contributed by atoms with van der Waals surface area (Å²) in [5.41, 5.74) is 1.03. The predicted molar refractivity (Wildman–Crippen MR) is 109 cm³/mol. The molecule has 0 aromatic heterocycles. The van der Waals surface area contributed by atoms with Crippen LogP contribution in [-0.2, 0) is 4.79 Å². The lowest BCUT2D eigenvalue weighted by atomic mass is 10.1. The smallest absolute Gasteiger partial charge is 0.335 e.